The molecule has 0 radical (unpaired) electrons. The number of nitrogens with one attached hydrogen (secondary N) is 1. The van der Waals surface area contributed by atoms with Gasteiger partial charge in [-0.15, -0.1) is 0 Å². The molecule has 2 N–H and O–H groups in total. The fourth-order valence-electron chi connectivity index (χ4n) is 2.99. The van der Waals surface area contributed by atoms with Gasteiger partial charge in [-0.3, -0.25) is 0 Å². The summed E-state index contributed by atoms with van der Waals surface area (Å²) in [4.78, 5) is 19.5. The highest BCUT2D eigenvalue weighted by Gasteiger charge is 2.11. The predicted octanol–water partition coefficient (Wildman–Crippen LogP) is 0.159. The van der Waals surface area contributed by atoms with Crippen molar-refractivity contribution in [1.82, 2.24) is 4.57 Å². The molecule has 0 amide bonds. The molecule has 144 valence electrons. The van der Waals surface area contributed by atoms with Crippen LogP contribution in [0.3, 0.4) is 0 Å². The van der Waals surface area contributed by atoms with Crippen LogP contribution in [0.1, 0.15) is 6.42 Å². The molecule has 3 rings (SSSR count). The second kappa shape index (κ2) is 9.05. The van der Waals surface area contributed by atoms with Gasteiger partial charge in [0.05, 0.1) is 33.3 Å². The summed E-state index contributed by atoms with van der Waals surface area (Å²) in [6, 6.07) is 15.0. The number of quaternary nitrogens is 1. The third kappa shape index (κ3) is 4.98. The Morgan fingerprint density at radius 3 is 2.33 bits per heavy atom. The molecule has 0 unspecified atom stereocenters. The van der Waals surface area contributed by atoms with Crippen LogP contribution in [0, 0.1) is 0 Å². The van der Waals surface area contributed by atoms with Gasteiger partial charge in [0.25, 0.3) is 0 Å². The fourth-order valence-corrected chi connectivity index (χ4v) is 2.99. The number of methoxy groups -OCH3 is 1. The molecule has 7 nitrogen and oxygen atoms in total. The van der Waals surface area contributed by atoms with Crippen molar-refractivity contribution in [2.24, 2.45) is 0 Å². The molecule has 0 fully saturated rings. The lowest BCUT2D eigenvalue weighted by Crippen LogP contribution is -3.05. The first-order chi connectivity index (χ1) is 12.8. The smallest absolute Gasteiger partial charge is 0.351 e. The van der Waals surface area contributed by atoms with E-state index in [0.717, 1.165) is 12.3 Å². The Bertz CT molecular complexity index is 934. The number of carboxylic acid groups (broad SMARTS) is 2. The van der Waals surface area contributed by atoms with Gasteiger partial charge < -0.3 is 29.2 Å². The number of aryl methyl sites for hydroxylation is 1. The maximum atomic E-state index is 9.04. The van der Waals surface area contributed by atoms with Gasteiger partial charge in [-0.05, 0) is 18.2 Å². The third-order valence-electron chi connectivity index (χ3n) is 4.21. The van der Waals surface area contributed by atoms with E-state index in [0.29, 0.717) is 0 Å². The van der Waals surface area contributed by atoms with Crippen molar-refractivity contribution in [1.29, 1.82) is 0 Å². The van der Waals surface area contributed by atoms with E-state index in [4.69, 9.17) is 24.5 Å². The van der Waals surface area contributed by atoms with Crippen LogP contribution in [-0.2, 0) is 16.1 Å². The first-order valence-corrected chi connectivity index (χ1v) is 8.63. The molecule has 0 aliphatic heterocycles. The summed E-state index contributed by atoms with van der Waals surface area (Å²) in [7, 11) is 6.13. The largest absolute Gasteiger partial charge is 0.539 e. The maximum Gasteiger partial charge on any atom is 0.351 e. The van der Waals surface area contributed by atoms with Crippen LogP contribution in [0.25, 0.3) is 21.8 Å². The minimum absolute atomic E-state index is 0.921. The number of ether oxygens (including phenoxy) is 1. The van der Waals surface area contributed by atoms with Gasteiger partial charge in [0.1, 0.15) is 5.75 Å². The van der Waals surface area contributed by atoms with E-state index in [1.54, 1.807) is 7.11 Å². The van der Waals surface area contributed by atoms with Gasteiger partial charge in [0, 0.05) is 35.3 Å². The summed E-state index contributed by atoms with van der Waals surface area (Å²) < 4.78 is 7.83. The van der Waals surface area contributed by atoms with E-state index in [1.165, 1.54) is 39.7 Å². The van der Waals surface area contributed by atoms with Crippen molar-refractivity contribution >= 4 is 33.7 Å². The van der Waals surface area contributed by atoms with Gasteiger partial charge >= 0.3 is 5.97 Å². The van der Waals surface area contributed by atoms with E-state index in [-0.39, 0.29) is 0 Å². The number of para-hydroxylation sites is 1. The lowest BCUT2D eigenvalue weighted by molar-refractivity contribution is -0.858. The average Bonchev–Trinajstić information content (AvgIpc) is 2.95. The Labute approximate surface area is 157 Å². The minimum Gasteiger partial charge on any atom is -0.539 e. The van der Waals surface area contributed by atoms with Crippen molar-refractivity contribution in [3.63, 3.8) is 0 Å². The van der Waals surface area contributed by atoms with E-state index >= 15 is 0 Å². The molecule has 1 aromatic heterocycles. The molecule has 0 aliphatic rings. The number of carboxylic acids is 2. The summed E-state index contributed by atoms with van der Waals surface area (Å²) >= 11 is 0. The van der Waals surface area contributed by atoms with E-state index in [1.807, 2.05) is 6.07 Å². The Hall–Kier alpha value is -3.06. The molecule has 0 saturated carbocycles. The quantitative estimate of drug-likeness (QED) is 0.622. The monoisotopic (exact) mass is 372 g/mol. The first-order valence-electron chi connectivity index (χ1n) is 8.63. The van der Waals surface area contributed by atoms with Crippen molar-refractivity contribution in [3.8, 4) is 5.75 Å². The van der Waals surface area contributed by atoms with Crippen molar-refractivity contribution in [3.05, 3.63) is 42.5 Å². The number of nitrogens with zero attached hydrogens (tertiary/aromatic N) is 1. The minimum atomic E-state index is -2.07. The lowest BCUT2D eigenvalue weighted by atomic mass is 10.1. The highest BCUT2D eigenvalue weighted by Crippen LogP contribution is 2.31. The number of aromatic nitrogens is 1. The number of carbonyl (C=O) groups is 2. The van der Waals surface area contributed by atoms with Crippen LogP contribution < -0.4 is 14.7 Å². The molecule has 2 aromatic carbocycles. The summed E-state index contributed by atoms with van der Waals surface area (Å²) in [5.41, 5.74) is 2.58. The van der Waals surface area contributed by atoms with Crippen LogP contribution in [-0.4, -0.2) is 49.4 Å². The highest BCUT2D eigenvalue weighted by molar-refractivity contribution is 6.26. The third-order valence-corrected chi connectivity index (χ3v) is 4.21. The van der Waals surface area contributed by atoms with Crippen molar-refractivity contribution < 1.29 is 29.4 Å². The van der Waals surface area contributed by atoms with E-state index in [9.17, 15) is 0 Å². The molecule has 3 aromatic rings. The molecule has 1 heterocycles. The summed E-state index contributed by atoms with van der Waals surface area (Å²) in [5, 5.41) is 19.0. The summed E-state index contributed by atoms with van der Waals surface area (Å²) in [6.07, 6.45) is 1.17. The van der Waals surface area contributed by atoms with Crippen LogP contribution in [0.15, 0.2) is 42.5 Å². The standard InChI is InChI=1S/C18H22N2O.C2H2O4/c1-19(2)11-6-12-20-17-8-5-4-7-15(17)16-10-9-14(21-3)13-18(16)20;3-1(4)2(5)6/h4-5,7-10,13H,6,11-12H2,1-3H3;(H,3,4)(H,5,6). The first kappa shape index (κ1) is 20.3. The molecule has 7 heteroatoms. The fraction of sp³-hybridized carbons (Fsp3) is 0.300. The number of hydrogen-bond donors (Lipinski definition) is 2. The molecule has 0 spiro atoms. The van der Waals surface area contributed by atoms with E-state index in [2.05, 4.69) is 55.1 Å². The van der Waals surface area contributed by atoms with Gasteiger partial charge in [-0.2, -0.15) is 0 Å². The normalized spacial score (nSPS) is 10.7. The topological polar surface area (TPSA) is 96.0 Å². The molecule has 0 saturated heterocycles. The number of rotatable bonds is 5. The predicted molar refractivity (Wildman–Crippen MR) is 101 cm³/mol. The van der Waals surface area contributed by atoms with Crippen LogP contribution >= 0.6 is 0 Å². The second-order valence-electron chi connectivity index (χ2n) is 6.46. The van der Waals surface area contributed by atoms with Crippen LogP contribution in [0.2, 0.25) is 0 Å². The Morgan fingerprint density at radius 1 is 1.11 bits per heavy atom. The van der Waals surface area contributed by atoms with Crippen molar-refractivity contribution in [2.45, 2.75) is 13.0 Å². The highest BCUT2D eigenvalue weighted by atomic mass is 16.5. The Kier molecular flexibility index (Phi) is 6.79. The Balaban J connectivity index is 0.000000380. The number of aliphatic carboxylic acids is 2. The zero-order valence-electron chi connectivity index (χ0n) is 15.7. The van der Waals surface area contributed by atoms with Crippen LogP contribution in [0.5, 0.6) is 5.75 Å². The van der Waals surface area contributed by atoms with Gasteiger partial charge in [0.2, 0.25) is 0 Å². The zero-order chi connectivity index (χ0) is 20.0. The Morgan fingerprint density at radius 2 is 1.74 bits per heavy atom. The second-order valence-corrected chi connectivity index (χ2v) is 6.46. The molecule has 27 heavy (non-hydrogen) atoms. The van der Waals surface area contributed by atoms with Gasteiger partial charge in [-0.25, -0.2) is 4.79 Å². The lowest BCUT2D eigenvalue weighted by Gasteiger charge is -2.10. The van der Waals surface area contributed by atoms with E-state index < -0.39 is 11.9 Å². The number of benzene rings is 2. The maximum absolute atomic E-state index is 9.04. The molecule has 0 atom stereocenters. The number of carbonyl (C=O) groups excluding carboxylic acids is 1. The molecular weight excluding hydrogens is 348 g/mol. The SMILES string of the molecule is COc1ccc2c3ccccc3n(CCC[NH+](C)C)c2c1.O=C([O-])C(=O)O. The van der Waals surface area contributed by atoms with Crippen LogP contribution in [0.4, 0.5) is 0 Å². The van der Waals surface area contributed by atoms with Gasteiger partial charge in [-0.1, -0.05) is 18.2 Å². The molecule has 0 bridgehead atoms. The summed E-state index contributed by atoms with van der Waals surface area (Å²) in [5.74, 6) is -3.09. The van der Waals surface area contributed by atoms with Crippen molar-refractivity contribution in [2.75, 3.05) is 27.7 Å². The van der Waals surface area contributed by atoms with Gasteiger partial charge in [0.15, 0.2) is 5.97 Å². The number of fused-ring (bicyclic) bond motifs is 3. The average molecular weight is 372 g/mol. The number of hydrogen-bond acceptors (Lipinski definition) is 4. The molecule has 0 aliphatic carbocycles. The summed E-state index contributed by atoms with van der Waals surface area (Å²) in [6.45, 7) is 2.22. The molecular formula is C20H24N2O5. The zero-order valence-corrected chi connectivity index (χ0v) is 15.7.